The predicted molar refractivity (Wildman–Crippen MR) is 112 cm³/mol. The summed E-state index contributed by atoms with van der Waals surface area (Å²) in [5.74, 6) is 1.97. The predicted octanol–water partition coefficient (Wildman–Crippen LogP) is 6.15. The molecule has 1 heterocycles. The lowest BCUT2D eigenvalue weighted by molar-refractivity contribution is 0.320. The van der Waals surface area contributed by atoms with Crippen molar-refractivity contribution in [2.24, 2.45) is 0 Å². The van der Waals surface area contributed by atoms with Crippen LogP contribution in [0.1, 0.15) is 11.5 Å². The van der Waals surface area contributed by atoms with E-state index in [1.165, 1.54) is 12.1 Å². The molecule has 0 atom stereocenters. The lowest BCUT2D eigenvalue weighted by Gasteiger charge is -2.09. The van der Waals surface area contributed by atoms with E-state index in [2.05, 4.69) is 10.3 Å². The number of anilines is 2. The molecular weight excluding hydrogens is 367 g/mol. The third kappa shape index (κ3) is 4.82. The number of aryl methyl sites for hydroxylation is 1. The zero-order valence-corrected chi connectivity index (χ0v) is 16.1. The van der Waals surface area contributed by atoms with Gasteiger partial charge in [-0.1, -0.05) is 18.2 Å². The molecule has 146 valence electrons. The molecule has 1 N–H and O–H groups in total. The topological polar surface area (TPSA) is 47.3 Å². The van der Waals surface area contributed by atoms with Crippen molar-refractivity contribution in [3.8, 4) is 17.2 Å². The highest BCUT2D eigenvalue weighted by atomic mass is 19.1. The number of nitrogens with one attached hydrogen (secondary N) is 1. The number of rotatable bonds is 7. The summed E-state index contributed by atoms with van der Waals surface area (Å²) in [6.07, 6.45) is 0.664. The molecule has 4 aromatic rings. The maximum atomic E-state index is 13.0. The van der Waals surface area contributed by atoms with Crippen LogP contribution in [0.5, 0.6) is 5.75 Å². The third-order valence-corrected chi connectivity index (χ3v) is 4.51. The summed E-state index contributed by atoms with van der Waals surface area (Å²) in [5, 5.41) is 3.22. The van der Waals surface area contributed by atoms with E-state index in [9.17, 15) is 4.39 Å². The highest BCUT2D eigenvalue weighted by Gasteiger charge is 2.11. The van der Waals surface area contributed by atoms with Crippen LogP contribution in [-0.4, -0.2) is 11.6 Å². The highest BCUT2D eigenvalue weighted by molar-refractivity contribution is 5.60. The van der Waals surface area contributed by atoms with Gasteiger partial charge in [0, 0.05) is 23.4 Å². The van der Waals surface area contributed by atoms with E-state index in [1.807, 2.05) is 61.5 Å². The molecule has 1 aromatic heterocycles. The van der Waals surface area contributed by atoms with E-state index in [1.54, 1.807) is 12.1 Å². The van der Waals surface area contributed by atoms with Gasteiger partial charge in [-0.15, -0.1) is 0 Å². The molecule has 0 saturated carbocycles. The minimum Gasteiger partial charge on any atom is -0.493 e. The Morgan fingerprint density at radius 1 is 0.897 bits per heavy atom. The van der Waals surface area contributed by atoms with Crippen molar-refractivity contribution in [3.05, 3.63) is 96.1 Å². The minimum atomic E-state index is -0.252. The second kappa shape index (κ2) is 8.61. The average molecular weight is 388 g/mol. The molecule has 0 aliphatic rings. The van der Waals surface area contributed by atoms with Gasteiger partial charge in [-0.3, -0.25) is 0 Å². The third-order valence-electron chi connectivity index (χ3n) is 4.51. The number of oxazole rings is 1. The molecule has 0 radical (unpaired) electrons. The Labute approximate surface area is 169 Å². The number of nitrogens with zero attached hydrogens (tertiary/aromatic N) is 1. The average Bonchev–Trinajstić information content (AvgIpc) is 3.12. The van der Waals surface area contributed by atoms with E-state index in [0.717, 1.165) is 34.1 Å². The minimum absolute atomic E-state index is 0.252. The van der Waals surface area contributed by atoms with Crippen molar-refractivity contribution in [2.45, 2.75) is 13.3 Å². The maximum absolute atomic E-state index is 13.0. The summed E-state index contributed by atoms with van der Waals surface area (Å²) in [4.78, 5) is 4.59. The summed E-state index contributed by atoms with van der Waals surface area (Å²) >= 11 is 0. The Morgan fingerprint density at radius 3 is 2.24 bits per heavy atom. The van der Waals surface area contributed by atoms with Gasteiger partial charge >= 0.3 is 0 Å². The zero-order valence-electron chi connectivity index (χ0n) is 16.1. The van der Waals surface area contributed by atoms with Gasteiger partial charge in [0.2, 0.25) is 5.89 Å². The second-order valence-corrected chi connectivity index (χ2v) is 6.64. The first-order valence-corrected chi connectivity index (χ1v) is 9.44. The smallest absolute Gasteiger partial charge is 0.226 e. The Kier molecular flexibility index (Phi) is 5.56. The van der Waals surface area contributed by atoms with Crippen LogP contribution in [0.3, 0.4) is 0 Å². The summed E-state index contributed by atoms with van der Waals surface area (Å²) in [7, 11) is 0. The highest BCUT2D eigenvalue weighted by Crippen LogP contribution is 2.23. The van der Waals surface area contributed by atoms with Crippen LogP contribution in [0.25, 0.3) is 11.5 Å². The molecule has 0 unspecified atom stereocenters. The molecule has 0 aliphatic heterocycles. The lowest BCUT2D eigenvalue weighted by Crippen LogP contribution is -2.02. The fraction of sp³-hybridized carbons (Fsp3) is 0.125. The number of hydrogen-bond donors (Lipinski definition) is 1. The molecule has 0 saturated heterocycles. The first-order chi connectivity index (χ1) is 14.2. The quantitative estimate of drug-likeness (QED) is 0.412. The van der Waals surface area contributed by atoms with Gasteiger partial charge in [0.05, 0.1) is 12.3 Å². The van der Waals surface area contributed by atoms with Crippen LogP contribution in [-0.2, 0) is 6.42 Å². The summed E-state index contributed by atoms with van der Waals surface area (Å²) in [6, 6.07) is 23.7. The van der Waals surface area contributed by atoms with Gasteiger partial charge in [0.15, 0.2) is 0 Å². The van der Waals surface area contributed by atoms with Crippen LogP contribution < -0.4 is 10.1 Å². The van der Waals surface area contributed by atoms with Gasteiger partial charge in [-0.2, -0.15) is 0 Å². The number of ether oxygens (including phenoxy) is 1. The van der Waals surface area contributed by atoms with Gasteiger partial charge < -0.3 is 14.5 Å². The summed E-state index contributed by atoms with van der Waals surface area (Å²) in [5.41, 5.74) is 3.60. The molecule has 4 nitrogen and oxygen atoms in total. The standard InChI is InChI=1S/C24H21FN2O2/c1-17-23(27-24(29-17)18-5-3-2-4-6-18)15-16-28-22-13-11-21(12-14-22)26-20-9-7-19(25)8-10-20/h2-14,26H,15-16H2,1H3. The van der Waals surface area contributed by atoms with E-state index in [-0.39, 0.29) is 5.82 Å². The van der Waals surface area contributed by atoms with E-state index < -0.39 is 0 Å². The molecule has 0 fully saturated rings. The molecule has 29 heavy (non-hydrogen) atoms. The fourth-order valence-electron chi connectivity index (χ4n) is 2.96. The van der Waals surface area contributed by atoms with Gasteiger partial charge in [-0.05, 0) is 67.6 Å². The Bertz CT molecular complexity index is 1060. The van der Waals surface area contributed by atoms with E-state index >= 15 is 0 Å². The van der Waals surface area contributed by atoms with Crippen LogP contribution in [0.15, 0.2) is 83.3 Å². The van der Waals surface area contributed by atoms with Crippen molar-refractivity contribution in [1.29, 1.82) is 0 Å². The number of hydrogen-bond acceptors (Lipinski definition) is 4. The molecule has 3 aromatic carbocycles. The van der Waals surface area contributed by atoms with Gasteiger partial charge in [0.25, 0.3) is 0 Å². The Hall–Kier alpha value is -3.60. The van der Waals surface area contributed by atoms with E-state index in [0.29, 0.717) is 18.9 Å². The molecule has 0 bridgehead atoms. The second-order valence-electron chi connectivity index (χ2n) is 6.64. The van der Waals surface area contributed by atoms with Gasteiger partial charge in [-0.25, -0.2) is 9.37 Å². The molecule has 0 aliphatic carbocycles. The summed E-state index contributed by atoms with van der Waals surface area (Å²) in [6.45, 7) is 2.43. The SMILES string of the molecule is Cc1oc(-c2ccccc2)nc1CCOc1ccc(Nc2ccc(F)cc2)cc1. The van der Waals surface area contributed by atoms with Crippen molar-refractivity contribution in [3.63, 3.8) is 0 Å². The molecule has 5 heteroatoms. The van der Waals surface area contributed by atoms with Crippen LogP contribution >= 0.6 is 0 Å². The van der Waals surface area contributed by atoms with Crippen molar-refractivity contribution in [1.82, 2.24) is 4.98 Å². The van der Waals surface area contributed by atoms with Crippen molar-refractivity contribution in [2.75, 3.05) is 11.9 Å². The Morgan fingerprint density at radius 2 is 1.55 bits per heavy atom. The lowest BCUT2D eigenvalue weighted by atomic mass is 10.2. The van der Waals surface area contributed by atoms with Gasteiger partial charge in [0.1, 0.15) is 17.3 Å². The molecular formula is C24H21FN2O2. The maximum Gasteiger partial charge on any atom is 0.226 e. The van der Waals surface area contributed by atoms with Crippen LogP contribution in [0.2, 0.25) is 0 Å². The fourth-order valence-corrected chi connectivity index (χ4v) is 2.96. The number of benzene rings is 3. The van der Waals surface area contributed by atoms with Crippen molar-refractivity contribution < 1.29 is 13.5 Å². The molecule has 4 rings (SSSR count). The normalized spacial score (nSPS) is 10.7. The number of aromatic nitrogens is 1. The monoisotopic (exact) mass is 388 g/mol. The van der Waals surface area contributed by atoms with Crippen LogP contribution in [0.4, 0.5) is 15.8 Å². The first-order valence-electron chi connectivity index (χ1n) is 9.44. The van der Waals surface area contributed by atoms with E-state index in [4.69, 9.17) is 9.15 Å². The first kappa shape index (κ1) is 18.7. The van der Waals surface area contributed by atoms with Crippen molar-refractivity contribution >= 4 is 11.4 Å². The number of halogens is 1. The largest absolute Gasteiger partial charge is 0.493 e. The Balaban J connectivity index is 1.32. The van der Waals surface area contributed by atoms with Crippen LogP contribution in [0, 0.1) is 12.7 Å². The summed E-state index contributed by atoms with van der Waals surface area (Å²) < 4.78 is 24.6. The molecule has 0 amide bonds. The zero-order chi connectivity index (χ0) is 20.1. The molecule has 0 spiro atoms.